The zero-order valence-electron chi connectivity index (χ0n) is 11.7. The smallest absolute Gasteiger partial charge is 0.371 e. The molecule has 0 saturated heterocycles. The van der Waals surface area contributed by atoms with Crippen LogP contribution in [0.15, 0.2) is 30.3 Å². The molecule has 21 heavy (non-hydrogen) atoms. The van der Waals surface area contributed by atoms with Crippen LogP contribution in [0, 0.1) is 0 Å². The third-order valence-corrected chi connectivity index (χ3v) is 2.37. The van der Waals surface area contributed by atoms with E-state index in [4.69, 9.17) is 9.47 Å². The molecule has 0 heterocycles. The van der Waals surface area contributed by atoms with Gasteiger partial charge in [-0.3, -0.25) is 4.79 Å². The summed E-state index contributed by atoms with van der Waals surface area (Å²) in [6.07, 6.45) is 0. The highest BCUT2D eigenvalue weighted by Gasteiger charge is 2.42. The molecule has 0 aliphatic heterocycles. The zero-order valence-corrected chi connectivity index (χ0v) is 11.7. The first-order valence-electron chi connectivity index (χ1n) is 6.20. The van der Waals surface area contributed by atoms with Crippen molar-refractivity contribution < 1.29 is 33.7 Å². The van der Waals surface area contributed by atoms with E-state index >= 15 is 0 Å². The third kappa shape index (κ3) is 4.66. The third-order valence-electron chi connectivity index (χ3n) is 2.37. The van der Waals surface area contributed by atoms with Gasteiger partial charge in [0.1, 0.15) is 6.61 Å². The normalized spacial score (nSPS) is 13.1. The second-order valence-electron chi connectivity index (χ2n) is 3.98. The van der Waals surface area contributed by atoms with Crippen LogP contribution in [0.25, 0.3) is 0 Å². The van der Waals surface area contributed by atoms with Crippen LogP contribution < -0.4 is 0 Å². The summed E-state index contributed by atoms with van der Waals surface area (Å²) in [6.45, 7) is 1.85. The van der Waals surface area contributed by atoms with Crippen molar-refractivity contribution in [2.24, 2.45) is 0 Å². The number of rotatable bonds is 6. The Morgan fingerprint density at radius 1 is 1.19 bits per heavy atom. The first-order chi connectivity index (χ1) is 9.90. The van der Waals surface area contributed by atoms with Gasteiger partial charge in [0.05, 0.1) is 6.61 Å². The molecule has 1 aromatic carbocycles. The number of ether oxygens (including phenoxy) is 3. The Morgan fingerprint density at radius 2 is 1.81 bits per heavy atom. The first kappa shape index (κ1) is 16.8. The minimum Gasteiger partial charge on any atom is -0.462 e. The van der Waals surface area contributed by atoms with E-state index in [0.29, 0.717) is 0 Å². The van der Waals surface area contributed by atoms with Crippen LogP contribution in [0.2, 0.25) is 0 Å². The van der Waals surface area contributed by atoms with Crippen LogP contribution in [0.3, 0.4) is 0 Å². The molecule has 1 atom stereocenters. The van der Waals surface area contributed by atoms with E-state index in [9.17, 15) is 19.5 Å². The maximum atomic E-state index is 11.9. The van der Waals surface area contributed by atoms with E-state index in [0.717, 1.165) is 6.92 Å². The molecule has 0 aliphatic rings. The molecule has 0 radical (unpaired) electrons. The lowest BCUT2D eigenvalue weighted by atomic mass is 10.1. The van der Waals surface area contributed by atoms with Crippen molar-refractivity contribution in [1.29, 1.82) is 0 Å². The Balaban J connectivity index is 2.90. The van der Waals surface area contributed by atoms with E-state index in [1.807, 2.05) is 0 Å². The molecule has 0 fully saturated rings. The van der Waals surface area contributed by atoms with Gasteiger partial charge in [-0.1, -0.05) is 30.3 Å². The summed E-state index contributed by atoms with van der Waals surface area (Å²) in [5.41, 5.74) is 0.0964. The summed E-state index contributed by atoms with van der Waals surface area (Å²) < 4.78 is 13.9. The van der Waals surface area contributed by atoms with Gasteiger partial charge in [-0.25, -0.2) is 9.59 Å². The van der Waals surface area contributed by atoms with Crippen LogP contribution >= 0.6 is 0 Å². The topological polar surface area (TPSA) is 99.1 Å². The number of carbonyl (C=O) groups is 3. The molecule has 0 bridgehead atoms. The van der Waals surface area contributed by atoms with Crippen molar-refractivity contribution in [1.82, 2.24) is 0 Å². The monoisotopic (exact) mass is 296 g/mol. The highest BCUT2D eigenvalue weighted by molar-refractivity contribution is 5.85. The fourth-order valence-electron chi connectivity index (χ4n) is 1.51. The molecular weight excluding hydrogens is 280 g/mol. The summed E-state index contributed by atoms with van der Waals surface area (Å²) in [4.78, 5) is 33.8. The van der Waals surface area contributed by atoms with Gasteiger partial charge in [-0.2, -0.15) is 0 Å². The second kappa shape index (κ2) is 7.51. The molecular formula is C14H16O7. The first-order valence-corrected chi connectivity index (χ1v) is 6.20. The maximum absolute atomic E-state index is 11.9. The van der Waals surface area contributed by atoms with Gasteiger partial charge in [0.2, 0.25) is 0 Å². The van der Waals surface area contributed by atoms with Crippen LogP contribution in [0.4, 0.5) is 0 Å². The molecule has 0 spiro atoms. The molecule has 1 rings (SSSR count). The van der Waals surface area contributed by atoms with Gasteiger partial charge in [-0.15, -0.1) is 0 Å². The number of hydrogen-bond acceptors (Lipinski definition) is 7. The fourth-order valence-corrected chi connectivity index (χ4v) is 1.51. The number of carbonyl (C=O) groups excluding carboxylic acids is 3. The predicted molar refractivity (Wildman–Crippen MR) is 69.7 cm³/mol. The average Bonchev–Trinajstić information content (AvgIpc) is 2.45. The van der Waals surface area contributed by atoms with Crippen LogP contribution in [0.5, 0.6) is 0 Å². The number of esters is 3. The average molecular weight is 296 g/mol. The highest BCUT2D eigenvalue weighted by Crippen LogP contribution is 2.24. The maximum Gasteiger partial charge on any atom is 0.371 e. The standard InChI is InChI=1S/C14H16O7/c1-3-19-13(17)14(18,11-7-5-4-6-8-11)20-9-12(16)21-10(2)15/h4-8,18H,3,9H2,1-2H3. The molecule has 0 amide bonds. The van der Waals surface area contributed by atoms with E-state index in [1.54, 1.807) is 25.1 Å². The molecule has 114 valence electrons. The van der Waals surface area contributed by atoms with Crippen LogP contribution in [-0.2, 0) is 34.4 Å². The lowest BCUT2D eigenvalue weighted by Gasteiger charge is -2.25. The lowest BCUT2D eigenvalue weighted by Crippen LogP contribution is -2.41. The highest BCUT2D eigenvalue weighted by atomic mass is 16.7. The molecule has 0 aromatic heterocycles. The second-order valence-corrected chi connectivity index (χ2v) is 3.98. The molecule has 1 aromatic rings. The molecule has 1 unspecified atom stereocenters. The van der Waals surface area contributed by atoms with E-state index in [-0.39, 0.29) is 12.2 Å². The predicted octanol–water partition coefficient (Wildman–Crippen LogP) is 0.501. The molecule has 0 aliphatic carbocycles. The van der Waals surface area contributed by atoms with Crippen molar-refractivity contribution in [3.63, 3.8) is 0 Å². The van der Waals surface area contributed by atoms with Crippen molar-refractivity contribution in [2.75, 3.05) is 13.2 Å². The summed E-state index contributed by atoms with van der Waals surface area (Å²) in [5, 5.41) is 10.4. The van der Waals surface area contributed by atoms with Gasteiger partial charge in [0, 0.05) is 12.5 Å². The summed E-state index contributed by atoms with van der Waals surface area (Å²) in [7, 11) is 0. The Labute approximate surface area is 121 Å². The summed E-state index contributed by atoms with van der Waals surface area (Å²) in [6, 6.07) is 7.72. The van der Waals surface area contributed by atoms with Crippen molar-refractivity contribution >= 4 is 17.9 Å². The van der Waals surface area contributed by atoms with Crippen molar-refractivity contribution in [3.05, 3.63) is 35.9 Å². The van der Waals surface area contributed by atoms with Crippen LogP contribution in [0.1, 0.15) is 19.4 Å². The number of benzene rings is 1. The minimum atomic E-state index is -2.45. The van der Waals surface area contributed by atoms with E-state index in [1.165, 1.54) is 12.1 Å². The van der Waals surface area contributed by atoms with Gasteiger partial charge < -0.3 is 19.3 Å². The minimum absolute atomic E-state index is 0.0230. The van der Waals surface area contributed by atoms with Crippen molar-refractivity contribution in [3.8, 4) is 0 Å². The van der Waals surface area contributed by atoms with Gasteiger partial charge in [0.25, 0.3) is 5.79 Å². The quantitative estimate of drug-likeness (QED) is 0.463. The zero-order chi connectivity index (χ0) is 15.9. The molecule has 7 nitrogen and oxygen atoms in total. The molecule has 1 N–H and O–H groups in total. The van der Waals surface area contributed by atoms with E-state index in [2.05, 4.69) is 4.74 Å². The Bertz CT molecular complexity index is 511. The number of aliphatic hydroxyl groups is 1. The Hall–Kier alpha value is -2.25. The number of hydrogen-bond donors (Lipinski definition) is 1. The Kier molecular flexibility index (Phi) is 6.01. The fraction of sp³-hybridized carbons (Fsp3) is 0.357. The molecule has 7 heteroatoms. The molecule has 0 saturated carbocycles. The van der Waals surface area contributed by atoms with Gasteiger partial charge in [0.15, 0.2) is 0 Å². The van der Waals surface area contributed by atoms with E-state index < -0.39 is 30.3 Å². The lowest BCUT2D eigenvalue weighted by molar-refractivity contribution is -0.235. The summed E-state index contributed by atoms with van der Waals surface area (Å²) >= 11 is 0. The largest absolute Gasteiger partial charge is 0.462 e. The van der Waals surface area contributed by atoms with Crippen LogP contribution in [-0.4, -0.2) is 36.2 Å². The SMILES string of the molecule is CCOC(=O)C(O)(OCC(=O)OC(C)=O)c1ccccc1. The summed E-state index contributed by atoms with van der Waals surface area (Å²) in [5.74, 6) is -5.36. The van der Waals surface area contributed by atoms with Crippen molar-refractivity contribution in [2.45, 2.75) is 19.6 Å². The van der Waals surface area contributed by atoms with Gasteiger partial charge in [-0.05, 0) is 6.92 Å². The van der Waals surface area contributed by atoms with Gasteiger partial charge >= 0.3 is 17.9 Å². The Morgan fingerprint density at radius 3 is 2.33 bits per heavy atom.